The van der Waals surface area contributed by atoms with Crippen LogP contribution in [0, 0.1) is 5.92 Å². The Labute approximate surface area is 123 Å². The molecule has 0 aliphatic carbocycles. The minimum absolute atomic E-state index is 0.0101. The van der Waals surface area contributed by atoms with Crippen molar-refractivity contribution < 1.29 is 14.3 Å². The molecule has 0 radical (unpaired) electrons. The van der Waals surface area contributed by atoms with E-state index in [-0.39, 0.29) is 5.76 Å². The van der Waals surface area contributed by atoms with Gasteiger partial charge in [-0.25, -0.2) is 4.79 Å². The second-order valence-corrected chi connectivity index (χ2v) is 5.84. The molecule has 2 aromatic rings. The second kappa shape index (κ2) is 5.87. The summed E-state index contributed by atoms with van der Waals surface area (Å²) in [6, 6.07) is 7.37. The van der Waals surface area contributed by atoms with Crippen LogP contribution in [0.5, 0.6) is 0 Å². The van der Waals surface area contributed by atoms with Crippen molar-refractivity contribution in [2.24, 2.45) is 5.92 Å². The van der Waals surface area contributed by atoms with Crippen molar-refractivity contribution in [3.8, 4) is 0 Å². The maximum absolute atomic E-state index is 10.9. The van der Waals surface area contributed by atoms with E-state index in [1.165, 1.54) is 13.0 Å². The summed E-state index contributed by atoms with van der Waals surface area (Å²) in [4.78, 5) is 13.2. The zero-order valence-electron chi connectivity index (χ0n) is 12.1. The molecular weight excluding hydrogens is 268 g/mol. The molecule has 2 N–H and O–H groups in total. The smallest absolute Gasteiger partial charge is 0.371 e. The van der Waals surface area contributed by atoms with Crippen molar-refractivity contribution >= 4 is 16.9 Å². The van der Waals surface area contributed by atoms with Gasteiger partial charge in [0.15, 0.2) is 0 Å². The van der Waals surface area contributed by atoms with Crippen molar-refractivity contribution in [2.45, 2.75) is 13.0 Å². The number of carbonyl (C=O) groups is 1. The molecule has 1 aliphatic rings. The molecule has 5 nitrogen and oxygen atoms in total. The highest BCUT2D eigenvalue weighted by Gasteiger charge is 2.18. The predicted molar refractivity (Wildman–Crippen MR) is 80.5 cm³/mol. The predicted octanol–water partition coefficient (Wildman–Crippen LogP) is 2.17. The average molecular weight is 288 g/mol. The zero-order chi connectivity index (χ0) is 14.8. The van der Waals surface area contributed by atoms with Gasteiger partial charge in [-0.3, -0.25) is 0 Å². The zero-order valence-corrected chi connectivity index (χ0v) is 12.1. The molecule has 2 heterocycles. The number of benzene rings is 1. The Balaban J connectivity index is 1.60. The van der Waals surface area contributed by atoms with E-state index in [9.17, 15) is 4.79 Å². The molecule has 21 heavy (non-hydrogen) atoms. The topological polar surface area (TPSA) is 65.7 Å². The summed E-state index contributed by atoms with van der Waals surface area (Å²) in [7, 11) is 2.16. The van der Waals surface area contributed by atoms with E-state index in [0.717, 1.165) is 36.5 Å². The van der Waals surface area contributed by atoms with E-state index >= 15 is 0 Å². The van der Waals surface area contributed by atoms with Gasteiger partial charge in [-0.05, 0) is 56.2 Å². The molecule has 1 aromatic heterocycles. The van der Waals surface area contributed by atoms with Crippen LogP contribution < -0.4 is 5.32 Å². The molecule has 1 aliphatic heterocycles. The number of hydrogen-bond donors (Lipinski definition) is 2. The monoisotopic (exact) mass is 288 g/mol. The number of likely N-dealkylation sites (tertiary alicyclic amines) is 1. The normalized spacial score (nSPS) is 19.4. The van der Waals surface area contributed by atoms with Gasteiger partial charge in [-0.2, -0.15) is 0 Å². The number of furan rings is 1. The summed E-state index contributed by atoms with van der Waals surface area (Å²) < 4.78 is 5.26. The third-order valence-corrected chi connectivity index (χ3v) is 4.04. The molecule has 1 aromatic carbocycles. The summed E-state index contributed by atoms with van der Waals surface area (Å²) in [5, 5.41) is 13.3. The quantitative estimate of drug-likeness (QED) is 0.882. The van der Waals surface area contributed by atoms with Gasteiger partial charge in [-0.15, -0.1) is 0 Å². The Hall–Kier alpha value is -1.85. The molecule has 0 saturated carbocycles. The van der Waals surface area contributed by atoms with Gasteiger partial charge in [0.2, 0.25) is 5.76 Å². The first kappa shape index (κ1) is 14.1. The number of carboxylic acid groups (broad SMARTS) is 1. The Morgan fingerprint density at radius 2 is 2.33 bits per heavy atom. The van der Waals surface area contributed by atoms with E-state index < -0.39 is 5.97 Å². The lowest BCUT2D eigenvalue weighted by molar-refractivity contribution is 0.0665. The van der Waals surface area contributed by atoms with Crippen molar-refractivity contribution in [1.82, 2.24) is 10.2 Å². The summed E-state index contributed by atoms with van der Waals surface area (Å²) in [5.74, 6) is -0.313. The van der Waals surface area contributed by atoms with Gasteiger partial charge >= 0.3 is 5.97 Å². The Morgan fingerprint density at radius 1 is 1.48 bits per heavy atom. The molecule has 5 heteroatoms. The fourth-order valence-electron chi connectivity index (χ4n) is 2.92. The van der Waals surface area contributed by atoms with E-state index in [4.69, 9.17) is 9.52 Å². The first-order valence-electron chi connectivity index (χ1n) is 7.27. The molecule has 112 valence electrons. The summed E-state index contributed by atoms with van der Waals surface area (Å²) >= 11 is 0. The van der Waals surface area contributed by atoms with E-state index in [0.29, 0.717) is 5.58 Å². The molecule has 1 atom stereocenters. The third-order valence-electron chi connectivity index (χ3n) is 4.04. The molecular formula is C16H20N2O3. The van der Waals surface area contributed by atoms with Gasteiger partial charge in [0.25, 0.3) is 0 Å². The molecule has 3 rings (SSSR count). The van der Waals surface area contributed by atoms with Gasteiger partial charge in [-0.1, -0.05) is 6.07 Å². The minimum atomic E-state index is -1.03. The first-order valence-corrected chi connectivity index (χ1v) is 7.27. The van der Waals surface area contributed by atoms with Crippen LogP contribution in [0.1, 0.15) is 22.5 Å². The summed E-state index contributed by atoms with van der Waals surface area (Å²) in [6.07, 6.45) is 1.26. The van der Waals surface area contributed by atoms with E-state index in [1.807, 2.05) is 18.2 Å². The SMILES string of the molecule is CN1CCC(CNCc2ccc3oc(C(=O)O)cc3c2)C1. The van der Waals surface area contributed by atoms with E-state index in [1.54, 1.807) is 6.07 Å². The van der Waals surface area contributed by atoms with Crippen molar-refractivity contribution in [3.63, 3.8) is 0 Å². The lowest BCUT2D eigenvalue weighted by Gasteiger charge is -2.11. The average Bonchev–Trinajstić information content (AvgIpc) is 3.04. The Kier molecular flexibility index (Phi) is 3.94. The molecule has 0 spiro atoms. The lowest BCUT2D eigenvalue weighted by Crippen LogP contribution is -2.24. The van der Waals surface area contributed by atoms with Crippen molar-refractivity contribution in [2.75, 3.05) is 26.7 Å². The van der Waals surface area contributed by atoms with Gasteiger partial charge < -0.3 is 19.7 Å². The fourth-order valence-corrected chi connectivity index (χ4v) is 2.92. The van der Waals surface area contributed by atoms with Crippen LogP contribution in [0.15, 0.2) is 28.7 Å². The van der Waals surface area contributed by atoms with Crippen molar-refractivity contribution in [1.29, 1.82) is 0 Å². The third kappa shape index (κ3) is 3.25. The number of fused-ring (bicyclic) bond motifs is 1. The van der Waals surface area contributed by atoms with Crippen LogP contribution in [-0.2, 0) is 6.54 Å². The van der Waals surface area contributed by atoms with Gasteiger partial charge in [0.1, 0.15) is 5.58 Å². The molecule has 1 unspecified atom stereocenters. The molecule has 1 saturated heterocycles. The molecule has 0 amide bonds. The van der Waals surface area contributed by atoms with Gasteiger partial charge in [0, 0.05) is 18.5 Å². The number of nitrogens with zero attached hydrogens (tertiary/aromatic N) is 1. The Bertz CT molecular complexity index is 650. The standard InChI is InChI=1S/C16H20N2O3/c1-18-5-4-12(10-18)9-17-8-11-2-3-14-13(6-11)7-15(21-14)16(19)20/h2-3,6-7,12,17H,4-5,8-10H2,1H3,(H,19,20). The number of rotatable bonds is 5. The molecule has 1 fully saturated rings. The second-order valence-electron chi connectivity index (χ2n) is 5.84. The van der Waals surface area contributed by atoms with Crippen LogP contribution in [0.3, 0.4) is 0 Å². The van der Waals surface area contributed by atoms with Gasteiger partial charge in [0.05, 0.1) is 0 Å². The number of nitrogens with one attached hydrogen (secondary N) is 1. The summed E-state index contributed by atoms with van der Waals surface area (Å²) in [6.45, 7) is 4.17. The maximum atomic E-state index is 10.9. The first-order chi connectivity index (χ1) is 10.1. The van der Waals surface area contributed by atoms with Crippen molar-refractivity contribution in [3.05, 3.63) is 35.6 Å². The highest BCUT2D eigenvalue weighted by molar-refractivity contribution is 5.91. The minimum Gasteiger partial charge on any atom is -0.475 e. The maximum Gasteiger partial charge on any atom is 0.371 e. The fraction of sp³-hybridized carbons (Fsp3) is 0.438. The largest absolute Gasteiger partial charge is 0.475 e. The number of aromatic carboxylic acids is 1. The van der Waals surface area contributed by atoms with Crippen LogP contribution in [0.25, 0.3) is 11.0 Å². The number of carboxylic acids is 1. The van der Waals surface area contributed by atoms with Crippen LogP contribution >= 0.6 is 0 Å². The van der Waals surface area contributed by atoms with Crippen LogP contribution in [0.4, 0.5) is 0 Å². The van der Waals surface area contributed by atoms with Crippen LogP contribution in [0.2, 0.25) is 0 Å². The number of hydrogen-bond acceptors (Lipinski definition) is 4. The van der Waals surface area contributed by atoms with E-state index in [2.05, 4.69) is 17.3 Å². The lowest BCUT2D eigenvalue weighted by atomic mass is 10.1. The van der Waals surface area contributed by atoms with Crippen LogP contribution in [-0.4, -0.2) is 42.7 Å². The Morgan fingerprint density at radius 3 is 3.05 bits per heavy atom. The highest BCUT2D eigenvalue weighted by Crippen LogP contribution is 2.21. The summed E-state index contributed by atoms with van der Waals surface area (Å²) in [5.41, 5.74) is 1.76. The molecule has 0 bridgehead atoms. The highest BCUT2D eigenvalue weighted by atomic mass is 16.4.